The van der Waals surface area contributed by atoms with Gasteiger partial charge in [-0.2, -0.15) is 5.21 Å². The van der Waals surface area contributed by atoms with Crippen molar-refractivity contribution in [2.24, 2.45) is 0 Å². The third kappa shape index (κ3) is 3.46. The lowest BCUT2D eigenvalue weighted by Crippen LogP contribution is -2.19. The van der Waals surface area contributed by atoms with Gasteiger partial charge in [-0.1, -0.05) is 65.3 Å². The third-order valence-corrected chi connectivity index (χ3v) is 4.61. The second-order valence-corrected chi connectivity index (χ2v) is 8.75. The molecule has 0 fully saturated rings. The van der Waals surface area contributed by atoms with Crippen molar-refractivity contribution in [1.82, 2.24) is 30.6 Å². The molecule has 7 heteroatoms. The van der Waals surface area contributed by atoms with E-state index in [4.69, 9.17) is 11.6 Å². The van der Waals surface area contributed by atoms with E-state index in [-0.39, 0.29) is 10.8 Å². The number of nitrogens with zero attached hydrogens (tertiary/aromatic N) is 5. The predicted molar refractivity (Wildman–Crippen MR) is 103 cm³/mol. The molecule has 2 aromatic heterocycles. The summed E-state index contributed by atoms with van der Waals surface area (Å²) in [4.78, 5) is 8.72. The van der Waals surface area contributed by atoms with Crippen molar-refractivity contribution < 1.29 is 0 Å². The number of hydrogen-bond acceptors (Lipinski definition) is 5. The van der Waals surface area contributed by atoms with E-state index < -0.39 is 0 Å². The number of aromatic amines is 1. The van der Waals surface area contributed by atoms with Crippen LogP contribution in [-0.2, 0) is 10.8 Å². The summed E-state index contributed by atoms with van der Waals surface area (Å²) in [5, 5.41) is 14.8. The first kappa shape index (κ1) is 18.5. The fourth-order valence-corrected chi connectivity index (χ4v) is 3.73. The van der Waals surface area contributed by atoms with Gasteiger partial charge in [0.2, 0.25) is 5.82 Å². The molecule has 0 atom stereocenters. The third-order valence-electron chi connectivity index (χ3n) is 4.22. The van der Waals surface area contributed by atoms with Crippen LogP contribution in [0.2, 0.25) is 5.02 Å². The molecule has 0 radical (unpaired) electrons. The number of nitrogens with one attached hydrogen (secondary N) is 1. The highest BCUT2D eigenvalue weighted by Gasteiger charge is 2.28. The average molecular weight is 371 g/mol. The summed E-state index contributed by atoms with van der Waals surface area (Å²) in [6, 6.07) is 6.04. The molecular formula is C19H23ClN6. The van der Waals surface area contributed by atoms with E-state index in [0.717, 1.165) is 27.4 Å². The summed E-state index contributed by atoms with van der Waals surface area (Å²) >= 11 is 6.89. The molecular weight excluding hydrogens is 348 g/mol. The van der Waals surface area contributed by atoms with Gasteiger partial charge in [0.25, 0.3) is 0 Å². The van der Waals surface area contributed by atoms with E-state index in [1.54, 1.807) is 0 Å². The Bertz CT molecular complexity index is 920. The quantitative estimate of drug-likeness (QED) is 0.714. The summed E-state index contributed by atoms with van der Waals surface area (Å²) in [5.74, 6) is 0.434. The Morgan fingerprint density at radius 3 is 2.19 bits per heavy atom. The number of aromatic nitrogens is 6. The van der Waals surface area contributed by atoms with Gasteiger partial charge in [0.1, 0.15) is 12.0 Å². The normalized spacial score (nSPS) is 12.4. The maximum absolute atomic E-state index is 6.89. The van der Waals surface area contributed by atoms with Crippen LogP contribution in [0.1, 0.15) is 52.7 Å². The molecule has 0 unspecified atom stereocenters. The van der Waals surface area contributed by atoms with Crippen molar-refractivity contribution in [2.75, 3.05) is 0 Å². The second-order valence-electron chi connectivity index (χ2n) is 8.37. The van der Waals surface area contributed by atoms with Gasteiger partial charge in [-0.25, -0.2) is 9.97 Å². The monoisotopic (exact) mass is 370 g/mol. The Kier molecular flexibility index (Phi) is 4.56. The zero-order valence-corrected chi connectivity index (χ0v) is 16.7. The molecule has 3 rings (SSSR count). The summed E-state index contributed by atoms with van der Waals surface area (Å²) < 4.78 is 0. The number of benzene rings is 1. The standard InChI is InChI=1S/C19H23ClN6/c1-18(2,3)12-8-7-11(15(16(12)20)19(4,5)6)13-9-14(22-10-21-13)17-23-25-26-24-17/h7-10H,1-6H3,(H,23,24,25,26). The number of H-pyrrole nitrogens is 1. The Labute approximate surface area is 158 Å². The van der Waals surface area contributed by atoms with Gasteiger partial charge in [-0.3, -0.25) is 0 Å². The first-order chi connectivity index (χ1) is 12.1. The summed E-state index contributed by atoms with van der Waals surface area (Å²) in [7, 11) is 0. The topological polar surface area (TPSA) is 80.2 Å². The molecule has 1 aromatic carbocycles. The lowest BCUT2D eigenvalue weighted by Gasteiger charge is -2.29. The fraction of sp³-hybridized carbons (Fsp3) is 0.421. The molecule has 0 spiro atoms. The SMILES string of the molecule is CC(C)(C)c1ccc(-c2cc(-c3nn[nH]n3)ncn2)c(C(C)(C)C)c1Cl. The van der Waals surface area contributed by atoms with Crippen LogP contribution in [0.5, 0.6) is 0 Å². The lowest BCUT2D eigenvalue weighted by molar-refractivity contribution is 0.570. The maximum atomic E-state index is 6.89. The van der Waals surface area contributed by atoms with Crippen LogP contribution in [0.25, 0.3) is 22.8 Å². The van der Waals surface area contributed by atoms with Crippen molar-refractivity contribution in [3.8, 4) is 22.8 Å². The minimum absolute atomic E-state index is 0.0446. The van der Waals surface area contributed by atoms with Gasteiger partial charge in [0.05, 0.1) is 5.69 Å². The number of hydrogen-bond donors (Lipinski definition) is 1. The van der Waals surface area contributed by atoms with E-state index in [1.165, 1.54) is 6.33 Å². The molecule has 3 aromatic rings. The summed E-state index contributed by atoms with van der Waals surface area (Å²) in [6.07, 6.45) is 1.51. The highest BCUT2D eigenvalue weighted by Crippen LogP contribution is 2.42. The lowest BCUT2D eigenvalue weighted by atomic mass is 9.77. The van der Waals surface area contributed by atoms with Crippen LogP contribution in [0.4, 0.5) is 0 Å². The van der Waals surface area contributed by atoms with Gasteiger partial charge >= 0.3 is 0 Å². The molecule has 2 heterocycles. The van der Waals surface area contributed by atoms with E-state index in [1.807, 2.05) is 6.07 Å². The predicted octanol–water partition coefficient (Wildman–Crippen LogP) is 4.57. The van der Waals surface area contributed by atoms with E-state index in [9.17, 15) is 0 Å². The molecule has 136 valence electrons. The molecule has 6 nitrogen and oxygen atoms in total. The molecule has 1 N–H and O–H groups in total. The van der Waals surface area contributed by atoms with Crippen LogP contribution in [-0.4, -0.2) is 30.6 Å². The summed E-state index contributed by atoms with van der Waals surface area (Å²) in [5.41, 5.74) is 4.39. The average Bonchev–Trinajstić information content (AvgIpc) is 3.06. The minimum atomic E-state index is -0.148. The molecule has 0 amide bonds. The van der Waals surface area contributed by atoms with Gasteiger partial charge in [-0.05, 0) is 33.2 Å². The molecule has 0 aliphatic heterocycles. The van der Waals surface area contributed by atoms with Gasteiger partial charge in [-0.15, -0.1) is 10.2 Å². The number of rotatable bonds is 2. The van der Waals surface area contributed by atoms with Crippen LogP contribution in [0, 0.1) is 0 Å². The minimum Gasteiger partial charge on any atom is -0.236 e. The first-order valence-corrected chi connectivity index (χ1v) is 8.86. The van der Waals surface area contributed by atoms with Gasteiger partial charge < -0.3 is 0 Å². The Balaban J connectivity index is 2.23. The van der Waals surface area contributed by atoms with Crippen molar-refractivity contribution in [3.63, 3.8) is 0 Å². The largest absolute Gasteiger partial charge is 0.236 e. The van der Waals surface area contributed by atoms with Crippen LogP contribution < -0.4 is 0 Å². The van der Waals surface area contributed by atoms with E-state index in [0.29, 0.717) is 11.5 Å². The Hall–Kier alpha value is -2.34. The number of tetrazole rings is 1. The molecule has 0 bridgehead atoms. The zero-order chi connectivity index (χ0) is 19.1. The van der Waals surface area contributed by atoms with Crippen molar-refractivity contribution in [3.05, 3.63) is 40.7 Å². The second kappa shape index (κ2) is 6.43. The molecule has 0 saturated carbocycles. The molecule has 0 aliphatic carbocycles. The van der Waals surface area contributed by atoms with Gasteiger partial charge in [0.15, 0.2) is 0 Å². The van der Waals surface area contributed by atoms with Crippen molar-refractivity contribution in [1.29, 1.82) is 0 Å². The zero-order valence-electron chi connectivity index (χ0n) is 15.9. The smallest absolute Gasteiger partial charge is 0.223 e. The fourth-order valence-electron chi connectivity index (χ4n) is 3.00. The Morgan fingerprint density at radius 1 is 0.923 bits per heavy atom. The maximum Gasteiger partial charge on any atom is 0.223 e. The van der Waals surface area contributed by atoms with E-state index >= 15 is 0 Å². The molecule has 0 aliphatic rings. The van der Waals surface area contributed by atoms with Crippen LogP contribution in [0.15, 0.2) is 24.5 Å². The number of halogens is 1. The van der Waals surface area contributed by atoms with E-state index in [2.05, 4.69) is 84.3 Å². The molecule has 0 saturated heterocycles. The molecule has 26 heavy (non-hydrogen) atoms. The first-order valence-electron chi connectivity index (χ1n) is 8.49. The van der Waals surface area contributed by atoms with Crippen LogP contribution in [0.3, 0.4) is 0 Å². The highest BCUT2D eigenvalue weighted by atomic mass is 35.5. The van der Waals surface area contributed by atoms with Crippen LogP contribution >= 0.6 is 11.6 Å². The Morgan fingerprint density at radius 2 is 1.62 bits per heavy atom. The van der Waals surface area contributed by atoms with Gasteiger partial charge in [0, 0.05) is 10.6 Å². The summed E-state index contributed by atoms with van der Waals surface area (Å²) in [6.45, 7) is 13.0. The van der Waals surface area contributed by atoms with Crippen molar-refractivity contribution >= 4 is 11.6 Å². The highest BCUT2D eigenvalue weighted by molar-refractivity contribution is 6.32. The van der Waals surface area contributed by atoms with Crippen molar-refractivity contribution in [2.45, 2.75) is 52.4 Å².